The number of hydrogen-bond donors (Lipinski definition) is 1. The molecule has 2 aliphatic heterocycles. The number of likely N-dealkylation sites (tertiary alicyclic amines) is 1. The molecule has 3 fully saturated rings. The minimum Gasteiger partial charge on any atom is -0.312 e. The van der Waals surface area contributed by atoms with E-state index in [1.807, 2.05) is 6.92 Å². The van der Waals surface area contributed by atoms with Crippen LogP contribution in [-0.2, 0) is 9.59 Å². The Hall–Kier alpha value is -0.900. The second kappa shape index (κ2) is 5.47. The lowest BCUT2D eigenvalue weighted by molar-refractivity contribution is -0.156. The van der Waals surface area contributed by atoms with Gasteiger partial charge in [0.15, 0.2) is 0 Å². The van der Waals surface area contributed by atoms with E-state index in [-0.39, 0.29) is 29.3 Å². The molecular weight excluding hydrogens is 252 g/mol. The van der Waals surface area contributed by atoms with Crippen LogP contribution in [0.1, 0.15) is 64.7 Å². The number of nitrogens with one attached hydrogen (secondary N) is 1. The zero-order valence-electron chi connectivity index (χ0n) is 12.5. The molecule has 1 N–H and O–H groups in total. The van der Waals surface area contributed by atoms with Crippen molar-refractivity contribution >= 4 is 11.8 Å². The lowest BCUT2D eigenvalue weighted by atomic mass is 9.75. The molecule has 112 valence electrons. The van der Waals surface area contributed by atoms with Gasteiger partial charge < -0.3 is 5.32 Å². The Morgan fingerprint density at radius 2 is 1.75 bits per heavy atom. The molecule has 0 radical (unpaired) electrons. The Labute approximate surface area is 121 Å². The van der Waals surface area contributed by atoms with Crippen LogP contribution >= 0.6 is 0 Å². The van der Waals surface area contributed by atoms with Crippen molar-refractivity contribution in [3.05, 3.63) is 0 Å². The fourth-order valence-corrected chi connectivity index (χ4v) is 4.42. The van der Waals surface area contributed by atoms with E-state index in [0.29, 0.717) is 12.8 Å². The smallest absolute Gasteiger partial charge is 0.230 e. The van der Waals surface area contributed by atoms with E-state index in [4.69, 9.17) is 0 Å². The van der Waals surface area contributed by atoms with Crippen molar-refractivity contribution in [2.75, 3.05) is 6.54 Å². The third kappa shape index (κ3) is 2.50. The van der Waals surface area contributed by atoms with Gasteiger partial charge in [-0.2, -0.15) is 0 Å². The normalized spacial score (nSPS) is 31.9. The van der Waals surface area contributed by atoms with Crippen molar-refractivity contribution in [2.24, 2.45) is 5.41 Å². The first kappa shape index (κ1) is 14.1. The summed E-state index contributed by atoms with van der Waals surface area (Å²) in [5.41, 5.74) is 0.0182. The molecule has 0 aromatic carbocycles. The summed E-state index contributed by atoms with van der Waals surface area (Å²) in [5.74, 6) is 0.144. The van der Waals surface area contributed by atoms with Crippen LogP contribution in [0.2, 0.25) is 0 Å². The molecule has 0 bridgehead atoms. The van der Waals surface area contributed by atoms with E-state index in [1.54, 1.807) is 4.90 Å². The number of rotatable bonds is 2. The molecule has 2 heterocycles. The summed E-state index contributed by atoms with van der Waals surface area (Å²) in [7, 11) is 0. The second-order valence-electron chi connectivity index (χ2n) is 7.02. The number of piperidine rings is 2. The van der Waals surface area contributed by atoms with Gasteiger partial charge in [-0.05, 0) is 44.6 Å². The fraction of sp³-hybridized carbons (Fsp3) is 0.875. The first-order valence-corrected chi connectivity index (χ1v) is 8.20. The number of carbonyl (C=O) groups excluding carboxylic acids is 2. The highest BCUT2D eigenvalue weighted by Gasteiger charge is 2.47. The summed E-state index contributed by atoms with van der Waals surface area (Å²) in [6.07, 6.45) is 9.15. The molecule has 2 saturated heterocycles. The van der Waals surface area contributed by atoms with Gasteiger partial charge in [0.2, 0.25) is 11.8 Å². The van der Waals surface area contributed by atoms with Gasteiger partial charge in [-0.25, -0.2) is 0 Å². The Balaban J connectivity index is 1.70. The van der Waals surface area contributed by atoms with Crippen molar-refractivity contribution in [2.45, 2.75) is 76.8 Å². The van der Waals surface area contributed by atoms with E-state index < -0.39 is 0 Å². The third-order valence-electron chi connectivity index (χ3n) is 5.59. The van der Waals surface area contributed by atoms with Crippen LogP contribution < -0.4 is 5.32 Å². The Morgan fingerprint density at radius 1 is 1.10 bits per heavy atom. The van der Waals surface area contributed by atoms with E-state index in [1.165, 1.54) is 25.7 Å². The van der Waals surface area contributed by atoms with Gasteiger partial charge in [-0.15, -0.1) is 0 Å². The molecule has 4 heteroatoms. The molecule has 2 atom stereocenters. The van der Waals surface area contributed by atoms with E-state index in [2.05, 4.69) is 5.32 Å². The quantitative estimate of drug-likeness (QED) is 0.788. The Morgan fingerprint density at radius 3 is 2.30 bits per heavy atom. The number of nitrogens with zero attached hydrogens (tertiary/aromatic N) is 1. The topological polar surface area (TPSA) is 49.4 Å². The van der Waals surface area contributed by atoms with Crippen molar-refractivity contribution in [3.63, 3.8) is 0 Å². The average Bonchev–Trinajstić information content (AvgIpc) is 2.86. The van der Waals surface area contributed by atoms with Gasteiger partial charge in [-0.1, -0.05) is 19.3 Å². The first-order chi connectivity index (χ1) is 9.61. The highest BCUT2D eigenvalue weighted by Crippen LogP contribution is 2.47. The molecule has 1 saturated carbocycles. The molecule has 3 rings (SSSR count). The van der Waals surface area contributed by atoms with Crippen LogP contribution in [0.5, 0.6) is 0 Å². The largest absolute Gasteiger partial charge is 0.312 e. The Bertz CT molecular complexity index is 375. The molecule has 20 heavy (non-hydrogen) atoms. The van der Waals surface area contributed by atoms with Crippen molar-refractivity contribution < 1.29 is 9.59 Å². The highest BCUT2D eigenvalue weighted by molar-refractivity contribution is 5.99. The maximum absolute atomic E-state index is 12.5. The second-order valence-corrected chi connectivity index (χ2v) is 7.02. The number of amides is 2. The molecule has 0 aromatic rings. The molecule has 0 aromatic heterocycles. The molecular formula is C16H26N2O2. The fourth-order valence-electron chi connectivity index (χ4n) is 4.42. The summed E-state index contributed by atoms with van der Waals surface area (Å²) in [6, 6.07) is 0.295. The third-order valence-corrected chi connectivity index (χ3v) is 5.59. The SMILES string of the molecule is CC(C1CCCCN1)N1C(=O)CC2(CCCC2)CC1=O. The van der Waals surface area contributed by atoms with Crippen LogP contribution in [0.15, 0.2) is 0 Å². The molecule has 4 nitrogen and oxygen atoms in total. The van der Waals surface area contributed by atoms with Gasteiger partial charge >= 0.3 is 0 Å². The van der Waals surface area contributed by atoms with Gasteiger partial charge in [0.05, 0.1) is 6.04 Å². The predicted octanol–water partition coefficient (Wildman–Crippen LogP) is 2.23. The molecule has 1 spiro atoms. The molecule has 2 amide bonds. The number of imide groups is 1. The maximum atomic E-state index is 12.5. The number of hydrogen-bond acceptors (Lipinski definition) is 3. The van der Waals surface area contributed by atoms with E-state index in [9.17, 15) is 9.59 Å². The van der Waals surface area contributed by atoms with Crippen LogP contribution in [0.3, 0.4) is 0 Å². The van der Waals surface area contributed by atoms with Gasteiger partial charge in [0, 0.05) is 18.9 Å². The van der Waals surface area contributed by atoms with Crippen molar-refractivity contribution in [1.29, 1.82) is 0 Å². The summed E-state index contributed by atoms with van der Waals surface area (Å²) in [6.45, 7) is 3.04. The van der Waals surface area contributed by atoms with Crippen LogP contribution in [0, 0.1) is 5.41 Å². The standard InChI is InChI=1S/C16H26N2O2/c1-12(13-6-2-5-9-17-13)18-14(19)10-16(11-15(18)20)7-3-4-8-16/h12-13,17H,2-11H2,1H3. The first-order valence-electron chi connectivity index (χ1n) is 8.20. The van der Waals surface area contributed by atoms with Crippen LogP contribution in [0.25, 0.3) is 0 Å². The minimum absolute atomic E-state index is 0.00838. The van der Waals surface area contributed by atoms with Crippen LogP contribution in [-0.4, -0.2) is 35.3 Å². The molecule has 1 aliphatic carbocycles. The molecule has 3 aliphatic rings. The monoisotopic (exact) mass is 278 g/mol. The highest BCUT2D eigenvalue weighted by atomic mass is 16.2. The van der Waals surface area contributed by atoms with Crippen LogP contribution in [0.4, 0.5) is 0 Å². The average molecular weight is 278 g/mol. The van der Waals surface area contributed by atoms with Crippen molar-refractivity contribution in [3.8, 4) is 0 Å². The van der Waals surface area contributed by atoms with Gasteiger partial charge in [0.25, 0.3) is 0 Å². The summed E-state index contributed by atoms with van der Waals surface area (Å²) in [5, 5.41) is 3.47. The van der Waals surface area contributed by atoms with E-state index in [0.717, 1.165) is 25.8 Å². The summed E-state index contributed by atoms with van der Waals surface area (Å²) in [4.78, 5) is 26.6. The predicted molar refractivity (Wildman–Crippen MR) is 77.1 cm³/mol. The lowest BCUT2D eigenvalue weighted by Gasteiger charge is -2.42. The summed E-state index contributed by atoms with van der Waals surface area (Å²) < 4.78 is 0. The summed E-state index contributed by atoms with van der Waals surface area (Å²) >= 11 is 0. The lowest BCUT2D eigenvalue weighted by Crippen LogP contribution is -2.57. The molecule has 2 unspecified atom stereocenters. The zero-order chi connectivity index (χ0) is 14.2. The van der Waals surface area contributed by atoms with Crippen molar-refractivity contribution in [1.82, 2.24) is 10.2 Å². The van der Waals surface area contributed by atoms with E-state index >= 15 is 0 Å². The minimum atomic E-state index is 0.00838. The number of carbonyl (C=O) groups is 2. The Kier molecular flexibility index (Phi) is 3.85. The zero-order valence-corrected chi connectivity index (χ0v) is 12.5. The van der Waals surface area contributed by atoms with Gasteiger partial charge in [-0.3, -0.25) is 14.5 Å². The maximum Gasteiger partial charge on any atom is 0.230 e. The van der Waals surface area contributed by atoms with Gasteiger partial charge in [0.1, 0.15) is 0 Å².